The maximum absolute atomic E-state index is 14.0. The van der Waals surface area contributed by atoms with Gasteiger partial charge in [0.1, 0.15) is 18.3 Å². The Morgan fingerprint density at radius 2 is 1.70 bits per heavy atom. The van der Waals surface area contributed by atoms with Gasteiger partial charge in [0.05, 0.1) is 35.9 Å². The number of hydrogen-bond acceptors (Lipinski definition) is 13. The molecule has 0 amide bonds. The van der Waals surface area contributed by atoms with E-state index in [0.29, 0.717) is 6.42 Å². The van der Waals surface area contributed by atoms with E-state index in [2.05, 4.69) is 0 Å². The third-order valence-electron chi connectivity index (χ3n) is 9.46. The number of Topliss-reactive ketones (excluding diaryl/α,β-unsaturated/α-hetero) is 1. The van der Waals surface area contributed by atoms with E-state index in [4.69, 9.17) is 28.4 Å². The normalized spacial score (nSPS) is 39.4. The van der Waals surface area contributed by atoms with Gasteiger partial charge < -0.3 is 43.5 Å². The molecule has 2 rings (SSSR count). The number of methoxy groups -OCH3 is 1. The number of ether oxygens (including phenoxy) is 6. The van der Waals surface area contributed by atoms with Crippen LogP contribution in [0.5, 0.6) is 0 Å². The van der Waals surface area contributed by atoms with Gasteiger partial charge in [0.15, 0.2) is 18.2 Å². The second-order valence-corrected chi connectivity index (χ2v) is 13.8. The first-order valence-electron chi connectivity index (χ1n) is 16.4. The molecule has 2 N–H and O–H groups in total. The Bertz CT molecular complexity index is 1140. The monoisotopic (exact) mass is 671 g/mol. The third kappa shape index (κ3) is 10.3. The van der Waals surface area contributed by atoms with E-state index >= 15 is 0 Å². The lowest BCUT2D eigenvalue weighted by atomic mass is 9.76. The average Bonchev–Trinajstić information content (AvgIpc) is 2.98. The number of aliphatic hydroxyl groups is 2. The second kappa shape index (κ2) is 16.8. The zero-order valence-electron chi connectivity index (χ0n) is 30.1. The summed E-state index contributed by atoms with van der Waals surface area (Å²) in [4.78, 5) is 53.4. The molecule has 0 spiro atoms. The van der Waals surface area contributed by atoms with Gasteiger partial charge in [-0.25, -0.2) is 0 Å². The van der Waals surface area contributed by atoms with E-state index in [1.165, 1.54) is 40.9 Å². The summed E-state index contributed by atoms with van der Waals surface area (Å²) in [5.74, 6) is -4.99. The highest BCUT2D eigenvalue weighted by molar-refractivity contribution is 5.97. The number of carbonyl (C=O) groups is 4. The van der Waals surface area contributed by atoms with Crippen LogP contribution in [-0.2, 0) is 47.6 Å². The SMILES string of the molecule is CC[C@H]1OC(=O)[C@H](C)[C@@H](O)[C@H](C)[C@@H](OC2O[C@H](C)C[C@H](N(C)C)[C@H]2OC(C)=O)[C@@](C)(OC)C[C@@H](C)C(=O)C(COC(C)=O)=C[C@]1(C)O. The highest BCUT2D eigenvalue weighted by atomic mass is 16.7. The van der Waals surface area contributed by atoms with Gasteiger partial charge in [0, 0.05) is 38.4 Å². The van der Waals surface area contributed by atoms with Gasteiger partial charge in [-0.3, -0.25) is 19.2 Å². The van der Waals surface area contributed by atoms with Crippen molar-refractivity contribution in [3.63, 3.8) is 0 Å². The number of ketones is 1. The highest BCUT2D eigenvalue weighted by Gasteiger charge is 2.51. The van der Waals surface area contributed by atoms with Crippen molar-refractivity contribution < 1.29 is 57.8 Å². The summed E-state index contributed by atoms with van der Waals surface area (Å²) in [7, 11) is 5.19. The lowest BCUT2D eigenvalue weighted by Crippen LogP contribution is -2.60. The van der Waals surface area contributed by atoms with Crippen LogP contribution in [0.3, 0.4) is 0 Å². The summed E-state index contributed by atoms with van der Waals surface area (Å²) in [6.07, 6.45) is -3.57. The van der Waals surface area contributed by atoms with Crippen LogP contribution in [-0.4, -0.2) is 121 Å². The largest absolute Gasteiger partial charge is 0.461 e. The molecule has 2 heterocycles. The standard InChI is InChI=1S/C34H57NO12/c1-13-26-33(8,41)16-24(17-43-22(6)36)27(38)18(2)15-34(9,42-12)30(20(4)28(39)21(5)31(40)46-26)47-32-29(45-23(7)37)25(35(10)11)14-19(3)44-32/h16,18-21,25-26,28-30,32,39,41H,13-15,17H2,1-12H3/t18-,19-,20+,21-,25+,26-,28+,29-,30-,32?,33+,34+/m1/s1. The molecule has 0 aromatic heterocycles. The molecule has 0 aromatic carbocycles. The number of hydrogen-bond donors (Lipinski definition) is 2. The molecule has 0 bridgehead atoms. The Balaban J connectivity index is 2.74. The van der Waals surface area contributed by atoms with Crippen LogP contribution in [0.25, 0.3) is 0 Å². The summed E-state index contributed by atoms with van der Waals surface area (Å²) >= 11 is 0. The predicted octanol–water partition coefficient (Wildman–Crippen LogP) is 2.58. The molecule has 270 valence electrons. The van der Waals surface area contributed by atoms with Crippen LogP contribution in [0.2, 0.25) is 0 Å². The number of cyclic esters (lactones) is 1. The van der Waals surface area contributed by atoms with E-state index < -0.39 is 90.0 Å². The second-order valence-electron chi connectivity index (χ2n) is 13.8. The van der Waals surface area contributed by atoms with E-state index in [-0.39, 0.29) is 30.6 Å². The van der Waals surface area contributed by atoms with Crippen LogP contribution in [0, 0.1) is 17.8 Å². The molecule has 47 heavy (non-hydrogen) atoms. The summed E-state index contributed by atoms with van der Waals surface area (Å²) < 4.78 is 35.7. The number of rotatable bonds is 8. The van der Waals surface area contributed by atoms with Crippen LogP contribution < -0.4 is 0 Å². The van der Waals surface area contributed by atoms with Crippen LogP contribution in [0.1, 0.15) is 81.6 Å². The molecule has 0 radical (unpaired) electrons. The lowest BCUT2D eigenvalue weighted by molar-refractivity contribution is -0.303. The average molecular weight is 672 g/mol. The molecular formula is C34H57NO12. The number of nitrogens with zero attached hydrogens (tertiary/aromatic N) is 1. The van der Waals surface area contributed by atoms with Gasteiger partial charge in [-0.05, 0) is 67.1 Å². The molecule has 0 aromatic rings. The van der Waals surface area contributed by atoms with Crippen LogP contribution in [0.4, 0.5) is 0 Å². The Morgan fingerprint density at radius 1 is 1.09 bits per heavy atom. The minimum atomic E-state index is -1.81. The van der Waals surface area contributed by atoms with Crippen molar-refractivity contribution in [2.24, 2.45) is 17.8 Å². The molecule has 2 aliphatic heterocycles. The smallest absolute Gasteiger partial charge is 0.311 e. The summed E-state index contributed by atoms with van der Waals surface area (Å²) in [5.41, 5.74) is -3.08. The van der Waals surface area contributed by atoms with Crippen LogP contribution in [0.15, 0.2) is 11.6 Å². The summed E-state index contributed by atoms with van der Waals surface area (Å²) in [5, 5.41) is 23.1. The molecular weight excluding hydrogens is 614 g/mol. The molecule has 0 saturated carbocycles. The quantitative estimate of drug-likeness (QED) is 0.286. The minimum absolute atomic E-state index is 0.0227. The summed E-state index contributed by atoms with van der Waals surface area (Å²) in [6, 6.07) is -0.262. The number of likely N-dealkylation sites (N-methyl/N-ethyl adjacent to an activating group) is 1. The van der Waals surface area contributed by atoms with E-state index in [1.54, 1.807) is 27.7 Å². The Kier molecular flexibility index (Phi) is 14.6. The van der Waals surface area contributed by atoms with Crippen molar-refractivity contribution >= 4 is 23.7 Å². The Labute approximate surface area is 279 Å². The molecule has 12 atom stereocenters. The number of aliphatic hydroxyl groups excluding tert-OH is 1. The Morgan fingerprint density at radius 3 is 2.21 bits per heavy atom. The van der Waals surface area contributed by atoms with Gasteiger partial charge in [0.25, 0.3) is 0 Å². The van der Waals surface area contributed by atoms with Crippen molar-refractivity contribution in [3.05, 3.63) is 11.6 Å². The fraction of sp³-hybridized carbons (Fsp3) is 0.824. The predicted molar refractivity (Wildman–Crippen MR) is 171 cm³/mol. The molecule has 1 saturated heterocycles. The molecule has 0 aliphatic carbocycles. The first kappa shape index (κ1) is 40.8. The molecule has 1 fully saturated rings. The number of esters is 3. The van der Waals surface area contributed by atoms with Crippen molar-refractivity contribution in [1.29, 1.82) is 0 Å². The minimum Gasteiger partial charge on any atom is -0.461 e. The van der Waals surface area contributed by atoms with Gasteiger partial charge in [0.2, 0.25) is 0 Å². The van der Waals surface area contributed by atoms with Gasteiger partial charge in [-0.1, -0.05) is 20.8 Å². The van der Waals surface area contributed by atoms with Crippen molar-refractivity contribution in [1.82, 2.24) is 4.90 Å². The van der Waals surface area contributed by atoms with E-state index in [9.17, 15) is 29.4 Å². The number of carbonyl (C=O) groups excluding carboxylic acids is 4. The lowest BCUT2D eigenvalue weighted by Gasteiger charge is -2.48. The van der Waals surface area contributed by atoms with Crippen molar-refractivity contribution in [2.75, 3.05) is 27.8 Å². The van der Waals surface area contributed by atoms with Crippen molar-refractivity contribution in [2.45, 2.75) is 136 Å². The first-order chi connectivity index (χ1) is 21.7. The zero-order chi connectivity index (χ0) is 36.0. The van der Waals surface area contributed by atoms with Crippen LogP contribution >= 0.6 is 0 Å². The highest BCUT2D eigenvalue weighted by Crippen LogP contribution is 2.39. The van der Waals surface area contributed by atoms with Gasteiger partial charge in [-0.15, -0.1) is 0 Å². The van der Waals surface area contributed by atoms with E-state index in [1.807, 2.05) is 25.9 Å². The van der Waals surface area contributed by atoms with Crippen molar-refractivity contribution in [3.8, 4) is 0 Å². The van der Waals surface area contributed by atoms with Gasteiger partial charge in [-0.2, -0.15) is 0 Å². The zero-order valence-corrected chi connectivity index (χ0v) is 30.1. The maximum atomic E-state index is 14.0. The fourth-order valence-electron chi connectivity index (χ4n) is 6.70. The third-order valence-corrected chi connectivity index (χ3v) is 9.46. The van der Waals surface area contributed by atoms with E-state index in [0.717, 1.165) is 0 Å². The molecule has 13 nitrogen and oxygen atoms in total. The summed E-state index contributed by atoms with van der Waals surface area (Å²) in [6.45, 7) is 13.7. The van der Waals surface area contributed by atoms with Gasteiger partial charge >= 0.3 is 17.9 Å². The fourth-order valence-corrected chi connectivity index (χ4v) is 6.70. The molecule has 1 unspecified atom stereocenters. The Hall–Kier alpha value is -2.42. The molecule has 2 aliphatic rings. The topological polar surface area (TPSA) is 167 Å². The maximum Gasteiger partial charge on any atom is 0.311 e. The molecule has 13 heteroatoms. The first-order valence-corrected chi connectivity index (χ1v) is 16.4.